The molecule has 142 valence electrons. The Morgan fingerprint density at radius 1 is 1.28 bits per heavy atom. The van der Waals surface area contributed by atoms with Gasteiger partial charge in [-0.15, -0.1) is 24.0 Å². The van der Waals surface area contributed by atoms with E-state index >= 15 is 0 Å². The van der Waals surface area contributed by atoms with E-state index < -0.39 is 0 Å². The highest BCUT2D eigenvalue weighted by Crippen LogP contribution is 2.15. The van der Waals surface area contributed by atoms with Crippen LogP contribution in [0.5, 0.6) is 5.75 Å². The zero-order valence-corrected chi connectivity index (χ0v) is 19.0. The molecule has 5 nitrogen and oxygen atoms in total. The summed E-state index contributed by atoms with van der Waals surface area (Å²) in [5.74, 6) is 1.74. The third kappa shape index (κ3) is 8.59. The average molecular weight is 525 g/mol. The van der Waals surface area contributed by atoms with E-state index in [1.807, 2.05) is 31.3 Å². The molecule has 1 aromatic rings. The lowest BCUT2D eigenvalue weighted by Gasteiger charge is -2.32. The Kier molecular flexibility index (Phi) is 11.5. The van der Waals surface area contributed by atoms with Crippen molar-refractivity contribution in [2.75, 3.05) is 39.8 Å². The van der Waals surface area contributed by atoms with Crippen LogP contribution in [0.2, 0.25) is 0 Å². The van der Waals surface area contributed by atoms with Gasteiger partial charge in [0.1, 0.15) is 12.4 Å². The summed E-state index contributed by atoms with van der Waals surface area (Å²) in [5, 5.41) is 6.85. The zero-order chi connectivity index (χ0) is 17.2. The Morgan fingerprint density at radius 3 is 2.56 bits per heavy atom. The van der Waals surface area contributed by atoms with Crippen molar-refractivity contribution in [3.63, 3.8) is 0 Å². The summed E-state index contributed by atoms with van der Waals surface area (Å²) in [7, 11) is 1.82. The summed E-state index contributed by atoms with van der Waals surface area (Å²) < 4.78 is 6.77. The van der Waals surface area contributed by atoms with Crippen molar-refractivity contribution >= 4 is 45.9 Å². The van der Waals surface area contributed by atoms with Crippen molar-refractivity contribution in [3.05, 3.63) is 28.7 Å². The van der Waals surface area contributed by atoms with Crippen LogP contribution in [-0.2, 0) is 0 Å². The van der Waals surface area contributed by atoms with Gasteiger partial charge in [-0.3, -0.25) is 4.99 Å². The topological polar surface area (TPSA) is 48.9 Å². The van der Waals surface area contributed by atoms with Crippen molar-refractivity contribution in [3.8, 4) is 5.75 Å². The Hall–Kier alpha value is -0.540. The van der Waals surface area contributed by atoms with Crippen molar-refractivity contribution in [2.24, 2.45) is 4.99 Å². The van der Waals surface area contributed by atoms with Crippen LogP contribution >= 0.6 is 39.9 Å². The minimum absolute atomic E-state index is 0. The van der Waals surface area contributed by atoms with E-state index in [0.717, 1.165) is 22.7 Å². The third-order valence-corrected chi connectivity index (χ3v) is 4.70. The SMILES string of the molecule is CCCN1CCC(NC(=NC)NCCOc2ccc(Br)cc2)CC1.I. The molecule has 0 amide bonds. The molecule has 0 saturated carbocycles. The van der Waals surface area contributed by atoms with E-state index in [9.17, 15) is 0 Å². The minimum atomic E-state index is 0. The van der Waals surface area contributed by atoms with Crippen LogP contribution in [0.4, 0.5) is 0 Å². The summed E-state index contributed by atoms with van der Waals surface area (Å²) in [4.78, 5) is 6.85. The summed E-state index contributed by atoms with van der Waals surface area (Å²) in [6.07, 6.45) is 3.59. The highest BCUT2D eigenvalue weighted by atomic mass is 127. The predicted octanol–water partition coefficient (Wildman–Crippen LogP) is 3.49. The van der Waals surface area contributed by atoms with E-state index in [4.69, 9.17) is 4.74 Å². The lowest BCUT2D eigenvalue weighted by Crippen LogP contribution is -2.49. The van der Waals surface area contributed by atoms with E-state index in [0.29, 0.717) is 12.6 Å². The second kappa shape index (κ2) is 12.8. The maximum atomic E-state index is 5.71. The standard InChI is InChI=1S/C18H29BrN4O.HI/c1-3-11-23-12-8-16(9-13-23)22-18(20-2)21-10-14-24-17-6-4-15(19)5-7-17;/h4-7,16H,3,8-14H2,1-2H3,(H2,20,21,22);1H. The molecule has 25 heavy (non-hydrogen) atoms. The molecule has 2 rings (SSSR count). The molecule has 0 atom stereocenters. The van der Waals surface area contributed by atoms with E-state index in [1.54, 1.807) is 0 Å². The number of aliphatic imine (C=N–C) groups is 1. The highest BCUT2D eigenvalue weighted by molar-refractivity contribution is 14.0. The van der Waals surface area contributed by atoms with E-state index in [1.165, 1.54) is 38.9 Å². The van der Waals surface area contributed by atoms with Crippen molar-refractivity contribution < 1.29 is 4.74 Å². The number of nitrogens with zero attached hydrogens (tertiary/aromatic N) is 2. The zero-order valence-electron chi connectivity index (χ0n) is 15.1. The molecule has 0 unspecified atom stereocenters. The molecule has 0 aliphatic carbocycles. The Morgan fingerprint density at radius 2 is 1.96 bits per heavy atom. The quantitative estimate of drug-likeness (QED) is 0.248. The second-order valence-electron chi connectivity index (χ2n) is 6.06. The largest absolute Gasteiger partial charge is 0.492 e. The summed E-state index contributed by atoms with van der Waals surface area (Å²) >= 11 is 3.42. The fraction of sp³-hybridized carbons (Fsp3) is 0.611. The van der Waals surface area contributed by atoms with Crippen molar-refractivity contribution in [1.29, 1.82) is 0 Å². The Balaban J connectivity index is 0.00000312. The van der Waals surface area contributed by atoms with Gasteiger partial charge in [-0.2, -0.15) is 0 Å². The first-order valence-corrected chi connectivity index (χ1v) is 9.58. The molecule has 1 saturated heterocycles. The normalized spacial score (nSPS) is 16.2. The van der Waals surface area contributed by atoms with Crippen LogP contribution in [0.25, 0.3) is 0 Å². The van der Waals surface area contributed by atoms with Crippen molar-refractivity contribution in [1.82, 2.24) is 15.5 Å². The maximum Gasteiger partial charge on any atom is 0.191 e. The van der Waals surface area contributed by atoms with E-state index in [-0.39, 0.29) is 24.0 Å². The van der Waals surface area contributed by atoms with Gasteiger partial charge in [0.2, 0.25) is 0 Å². The Bertz CT molecular complexity index is 504. The molecule has 0 bridgehead atoms. The fourth-order valence-corrected chi connectivity index (χ4v) is 3.14. The molecule has 0 aromatic heterocycles. The molecule has 7 heteroatoms. The molecule has 0 spiro atoms. The summed E-state index contributed by atoms with van der Waals surface area (Å²) in [6.45, 7) is 7.14. The lowest BCUT2D eigenvalue weighted by molar-refractivity contribution is 0.206. The predicted molar refractivity (Wildman–Crippen MR) is 119 cm³/mol. The summed E-state index contributed by atoms with van der Waals surface area (Å²) in [6, 6.07) is 8.39. The van der Waals surface area contributed by atoms with Gasteiger partial charge >= 0.3 is 0 Å². The first kappa shape index (κ1) is 22.5. The average Bonchev–Trinajstić information content (AvgIpc) is 2.61. The van der Waals surface area contributed by atoms with Crippen LogP contribution in [0.15, 0.2) is 33.7 Å². The molecule has 0 radical (unpaired) electrons. The van der Waals surface area contributed by atoms with Gasteiger partial charge < -0.3 is 20.3 Å². The number of halogens is 2. The fourth-order valence-electron chi connectivity index (χ4n) is 2.87. The van der Waals surface area contributed by atoms with Gasteiger partial charge in [0, 0.05) is 30.7 Å². The molecule has 1 aromatic carbocycles. The van der Waals surface area contributed by atoms with Crippen molar-refractivity contribution in [2.45, 2.75) is 32.2 Å². The van der Waals surface area contributed by atoms with Gasteiger partial charge in [-0.05, 0) is 50.1 Å². The number of piperidine rings is 1. The monoisotopic (exact) mass is 524 g/mol. The molecule has 1 aliphatic rings. The number of likely N-dealkylation sites (tertiary alicyclic amines) is 1. The maximum absolute atomic E-state index is 5.71. The first-order chi connectivity index (χ1) is 11.7. The van der Waals surface area contributed by atoms with E-state index in [2.05, 4.69) is 43.4 Å². The minimum Gasteiger partial charge on any atom is -0.492 e. The van der Waals surface area contributed by atoms with Gasteiger partial charge in [0.15, 0.2) is 5.96 Å². The molecule has 1 fully saturated rings. The van der Waals surface area contributed by atoms with Gasteiger partial charge in [-0.25, -0.2) is 0 Å². The number of hydrogen-bond acceptors (Lipinski definition) is 3. The number of nitrogens with one attached hydrogen (secondary N) is 2. The number of guanidine groups is 1. The van der Waals surface area contributed by atoms with Gasteiger partial charge in [0.25, 0.3) is 0 Å². The van der Waals surface area contributed by atoms with Gasteiger partial charge in [-0.1, -0.05) is 22.9 Å². The van der Waals surface area contributed by atoms with Crippen LogP contribution in [0, 0.1) is 0 Å². The first-order valence-electron chi connectivity index (χ1n) is 8.79. The van der Waals surface area contributed by atoms with Crippen LogP contribution < -0.4 is 15.4 Å². The van der Waals surface area contributed by atoms with Crippen LogP contribution in [0.1, 0.15) is 26.2 Å². The lowest BCUT2D eigenvalue weighted by atomic mass is 10.1. The van der Waals surface area contributed by atoms with Gasteiger partial charge in [0.05, 0.1) is 6.54 Å². The second-order valence-corrected chi connectivity index (χ2v) is 6.98. The summed E-state index contributed by atoms with van der Waals surface area (Å²) in [5.41, 5.74) is 0. The smallest absolute Gasteiger partial charge is 0.191 e. The number of ether oxygens (including phenoxy) is 1. The van der Waals surface area contributed by atoms with Crippen LogP contribution in [0.3, 0.4) is 0 Å². The molecule has 1 aliphatic heterocycles. The molecule has 1 heterocycles. The highest BCUT2D eigenvalue weighted by Gasteiger charge is 2.19. The number of hydrogen-bond donors (Lipinski definition) is 2. The third-order valence-electron chi connectivity index (χ3n) is 4.17. The Labute approximate surface area is 177 Å². The molecular weight excluding hydrogens is 495 g/mol. The molecule has 2 N–H and O–H groups in total. The number of benzene rings is 1. The van der Waals surface area contributed by atoms with Crippen LogP contribution in [-0.4, -0.2) is 56.7 Å². The molecular formula is C18H30BrIN4O. The number of rotatable bonds is 7.